The van der Waals surface area contributed by atoms with Crippen molar-refractivity contribution in [2.45, 2.75) is 27.7 Å². The molecule has 8 heteroatoms. The van der Waals surface area contributed by atoms with Crippen molar-refractivity contribution in [1.29, 1.82) is 0 Å². The fourth-order valence-corrected chi connectivity index (χ4v) is 20.8. The van der Waals surface area contributed by atoms with Gasteiger partial charge >= 0.3 is 0 Å². The summed E-state index contributed by atoms with van der Waals surface area (Å²) in [4.78, 5) is 8.43. The highest BCUT2D eigenvalue weighted by Crippen LogP contribution is 2.57. The van der Waals surface area contributed by atoms with E-state index in [2.05, 4.69) is 254 Å². The molecule has 0 aliphatic rings. The Morgan fingerprint density at radius 3 is 0.614 bits per heavy atom. The van der Waals surface area contributed by atoms with Crippen molar-refractivity contribution in [3.63, 3.8) is 0 Å². The first-order chi connectivity index (χ1) is 68.8. The predicted octanol–water partition coefficient (Wildman–Crippen LogP) is 38.2. The van der Waals surface area contributed by atoms with Crippen LogP contribution in [0.25, 0.3) is 154 Å². The van der Waals surface area contributed by atoms with Gasteiger partial charge in [0.2, 0.25) is 0 Å². The second-order valence-corrected chi connectivity index (χ2v) is 36.1. The van der Waals surface area contributed by atoms with Gasteiger partial charge in [0.25, 0.3) is 0 Å². The second-order valence-electron chi connectivity index (χ2n) is 36.1. The van der Waals surface area contributed by atoms with Gasteiger partial charge in [-0.05, 0) is 269 Å². The van der Waals surface area contributed by atoms with Gasteiger partial charge in [-0.15, -0.1) is 0 Å². The molecule has 0 aliphatic heterocycles. The normalized spacial score (nSPS) is 11.4. The molecule has 24 aromatic rings. The van der Waals surface area contributed by atoms with Crippen molar-refractivity contribution in [2.75, 3.05) is 19.6 Å². The maximum Gasteiger partial charge on any atom is 0.148 e. The maximum atomic E-state index is 17.8. The fraction of sp³-hybridized carbons (Fsp3) is 0.0303. The van der Waals surface area contributed by atoms with Crippen LogP contribution < -0.4 is 19.6 Å². The molecule has 0 amide bonds. The molecule has 24 rings (SSSR count). The number of hydrogen-bond acceptors (Lipinski definition) is 4. The Balaban J connectivity index is 0.000000156. The Bertz CT molecular complexity index is 8260. The number of benzene rings is 24. The Labute approximate surface area is 812 Å². The molecule has 668 valence electrons. The largest absolute Gasteiger partial charge is 0.307 e. The minimum atomic E-state index is -0.335. The van der Waals surface area contributed by atoms with Crippen LogP contribution in [0.2, 0.25) is 0 Å². The van der Waals surface area contributed by atoms with Gasteiger partial charge < -0.3 is 19.6 Å². The maximum absolute atomic E-state index is 17.8. The number of para-hydroxylation sites is 2. The summed E-state index contributed by atoms with van der Waals surface area (Å²) in [6.07, 6.45) is 0. The molecular weight excluding hydrogens is 1720 g/mol. The molecule has 0 saturated carbocycles. The van der Waals surface area contributed by atoms with Crippen molar-refractivity contribution in [1.82, 2.24) is 0 Å². The highest BCUT2D eigenvalue weighted by atomic mass is 19.1. The van der Waals surface area contributed by atoms with Gasteiger partial charge in [0, 0.05) is 66.5 Å². The first kappa shape index (κ1) is 86.4. The lowest BCUT2D eigenvalue weighted by atomic mass is 9.90. The van der Waals surface area contributed by atoms with Crippen LogP contribution in [0.15, 0.2) is 485 Å². The molecule has 0 atom stereocenters. The number of aryl methyl sites for hydroxylation is 4. The minimum Gasteiger partial charge on any atom is -0.307 e. The lowest BCUT2D eigenvalue weighted by Gasteiger charge is -2.32. The van der Waals surface area contributed by atoms with Crippen LogP contribution in [-0.2, 0) is 0 Å². The molecule has 0 heterocycles. The molecule has 0 aromatic heterocycles. The van der Waals surface area contributed by atoms with Crippen LogP contribution in [0.4, 0.5) is 85.8 Å². The van der Waals surface area contributed by atoms with Crippen molar-refractivity contribution < 1.29 is 17.6 Å². The number of halogens is 4. The Morgan fingerprint density at radius 2 is 0.371 bits per heavy atom. The molecule has 0 unspecified atom stereocenters. The average molecular weight is 1810 g/mol. The van der Waals surface area contributed by atoms with E-state index in [0.717, 1.165) is 221 Å². The van der Waals surface area contributed by atoms with E-state index in [9.17, 15) is 0 Å². The number of rotatable bonds is 20. The summed E-state index contributed by atoms with van der Waals surface area (Å²) in [7, 11) is 0. The summed E-state index contributed by atoms with van der Waals surface area (Å²) < 4.78 is 71.0. The van der Waals surface area contributed by atoms with E-state index in [1.807, 2.05) is 255 Å². The van der Waals surface area contributed by atoms with Crippen LogP contribution in [0, 0.1) is 51.0 Å². The van der Waals surface area contributed by atoms with E-state index >= 15 is 17.6 Å². The third-order valence-corrected chi connectivity index (χ3v) is 27.3. The van der Waals surface area contributed by atoms with Gasteiger partial charge in [-0.2, -0.15) is 0 Å². The quantitative estimate of drug-likeness (QED) is 0.0557. The van der Waals surface area contributed by atoms with E-state index in [1.165, 1.54) is 0 Å². The van der Waals surface area contributed by atoms with Gasteiger partial charge in [0.1, 0.15) is 23.3 Å². The zero-order chi connectivity index (χ0) is 94.6. The molecule has 0 radical (unpaired) electrons. The van der Waals surface area contributed by atoms with Gasteiger partial charge in [-0.3, -0.25) is 0 Å². The van der Waals surface area contributed by atoms with Crippen LogP contribution in [0.3, 0.4) is 0 Å². The van der Waals surface area contributed by atoms with E-state index in [0.29, 0.717) is 22.7 Å². The van der Waals surface area contributed by atoms with Gasteiger partial charge in [0.05, 0.1) is 45.5 Å². The van der Waals surface area contributed by atoms with Gasteiger partial charge in [-0.1, -0.05) is 376 Å². The standard InChI is InChI=1S/2C66H46F2N2/c1-43-19-15-17-29-59(43)69(65-55(47-25-11-5-12-26-47)39-51(41-57(65)67)45-21-7-3-8-22-45)61-37-33-49-32-36-54-62(38-34-50-31-35-53(61)63(49)64(50)54)70(60-30-18-16-20-44(60)2)66-56(48-27-13-6-14-28-48)40-52(42-58(66)68)46-23-9-4-10-24-46;1-43-17-15-27-53(37-43)69(65-57(47-23-11-5-12-24-47)39-51(41-59(65)67)45-19-7-3-8-20-45)61-35-31-49-30-34-56-62(36-32-50-29-33-55(61)63(49)64(50)56)70(54-28-16-18-44(2)38-54)66-58(48-25-13-6-14-26-48)40-52(42-60(66)68)46-21-9-4-10-22-46/h2*3-42H,1-2H3. The number of anilines is 12. The monoisotopic (exact) mass is 1810 g/mol. The topological polar surface area (TPSA) is 13.0 Å². The average Bonchev–Trinajstić information content (AvgIpc) is 0.715. The van der Waals surface area contributed by atoms with Crippen molar-refractivity contribution in [3.05, 3.63) is 531 Å². The van der Waals surface area contributed by atoms with Crippen LogP contribution >= 0.6 is 0 Å². The van der Waals surface area contributed by atoms with Crippen molar-refractivity contribution in [3.8, 4) is 89.0 Å². The van der Waals surface area contributed by atoms with Gasteiger partial charge in [-0.25, -0.2) is 17.6 Å². The summed E-state index contributed by atoms with van der Waals surface area (Å²) >= 11 is 0. The SMILES string of the molecule is Cc1cccc(N(c2c(F)cc(-c3ccccc3)cc2-c2ccccc2)c2ccc3ccc4c(N(c5cccc(C)c5)c5c(F)cc(-c6ccccc6)cc5-c5ccccc5)ccc5ccc2c3c54)c1.Cc1ccccc1N(c1c(F)cc(-c2ccccc2)cc1-c1ccccc1)c1ccc2ccc3c(N(c4ccccc4C)c4c(F)cc(-c5ccccc5)cc4-c4ccccc4)ccc4ccc1c2c43. The smallest absolute Gasteiger partial charge is 0.148 e. The third-order valence-electron chi connectivity index (χ3n) is 27.3. The zero-order valence-electron chi connectivity index (χ0n) is 77.5. The first-order valence-corrected chi connectivity index (χ1v) is 47.4. The Kier molecular flexibility index (Phi) is 22.7. The third kappa shape index (κ3) is 15.9. The first-order valence-electron chi connectivity index (χ1n) is 47.4. The van der Waals surface area contributed by atoms with Crippen LogP contribution in [0.1, 0.15) is 22.3 Å². The molecular formula is C132H92F4N4. The molecule has 0 N–H and O–H groups in total. The molecule has 0 spiro atoms. The number of hydrogen-bond donors (Lipinski definition) is 0. The summed E-state index contributed by atoms with van der Waals surface area (Å²) in [5, 5.41) is 12.2. The van der Waals surface area contributed by atoms with E-state index in [-0.39, 0.29) is 23.3 Å². The minimum absolute atomic E-state index is 0.333. The van der Waals surface area contributed by atoms with Crippen LogP contribution in [0.5, 0.6) is 0 Å². The lowest BCUT2D eigenvalue weighted by molar-refractivity contribution is 0.629. The van der Waals surface area contributed by atoms with E-state index < -0.39 is 0 Å². The Hall–Kier alpha value is -17.7. The molecule has 140 heavy (non-hydrogen) atoms. The van der Waals surface area contributed by atoms with Gasteiger partial charge in [0.15, 0.2) is 0 Å². The van der Waals surface area contributed by atoms with Crippen molar-refractivity contribution in [2.24, 2.45) is 0 Å². The second kappa shape index (κ2) is 36.8. The Morgan fingerprint density at radius 1 is 0.157 bits per heavy atom. The summed E-state index contributed by atoms with van der Waals surface area (Å²) in [5.74, 6) is -1.34. The van der Waals surface area contributed by atoms with E-state index in [1.54, 1.807) is 24.3 Å². The van der Waals surface area contributed by atoms with Crippen LogP contribution in [-0.4, -0.2) is 0 Å². The molecule has 0 saturated heterocycles. The predicted molar refractivity (Wildman–Crippen MR) is 581 cm³/mol. The van der Waals surface area contributed by atoms with Crippen molar-refractivity contribution >= 4 is 133 Å². The lowest BCUT2D eigenvalue weighted by Crippen LogP contribution is -2.15. The molecule has 24 aromatic carbocycles. The molecule has 0 aliphatic carbocycles. The summed E-state index contributed by atoms with van der Waals surface area (Å²) in [5.41, 5.74) is 26.4. The van der Waals surface area contributed by atoms with E-state index in [4.69, 9.17) is 0 Å². The highest BCUT2D eigenvalue weighted by molar-refractivity contribution is 6.30. The fourth-order valence-electron chi connectivity index (χ4n) is 20.8. The molecule has 0 fully saturated rings. The number of nitrogens with zero attached hydrogens (tertiary/aromatic N) is 4. The highest BCUT2D eigenvalue weighted by Gasteiger charge is 2.33. The molecule has 0 bridgehead atoms. The molecule has 4 nitrogen and oxygen atoms in total. The summed E-state index contributed by atoms with van der Waals surface area (Å²) in [6.45, 7) is 8.31. The zero-order valence-corrected chi connectivity index (χ0v) is 77.5. The summed E-state index contributed by atoms with van der Waals surface area (Å²) in [6, 6.07) is 163.